The van der Waals surface area contributed by atoms with Crippen LogP contribution in [0.4, 0.5) is 0 Å². The topological polar surface area (TPSA) is 70.4 Å². The highest BCUT2D eigenvalue weighted by molar-refractivity contribution is 5.93. The van der Waals surface area contributed by atoms with Gasteiger partial charge in [-0.3, -0.25) is 4.98 Å². The molecule has 0 fully saturated rings. The maximum atomic E-state index is 10.9. The first-order chi connectivity index (χ1) is 7.61. The molecule has 0 aliphatic heterocycles. The molecule has 1 heterocycles. The van der Waals surface area contributed by atoms with E-state index < -0.39 is 5.97 Å². The molecule has 1 aromatic heterocycles. The zero-order valence-corrected chi connectivity index (χ0v) is 9.03. The smallest absolute Gasteiger partial charge is 0.341 e. The number of pyridine rings is 1. The van der Waals surface area contributed by atoms with Crippen molar-refractivity contribution in [2.24, 2.45) is 0 Å². The van der Waals surface area contributed by atoms with Gasteiger partial charge in [0, 0.05) is 17.5 Å². The third-order valence-electron chi connectivity index (χ3n) is 2.83. The molecule has 2 rings (SSSR count). The Kier molecular flexibility index (Phi) is 2.64. The molecule has 4 heteroatoms. The molecule has 16 heavy (non-hydrogen) atoms. The van der Waals surface area contributed by atoms with Crippen LogP contribution < -0.4 is 0 Å². The predicted octanol–water partition coefficient (Wildman–Crippen LogP) is 2.36. The molecule has 1 aromatic rings. The number of nitrogens with zero attached hydrogens (tertiary/aromatic N) is 1. The van der Waals surface area contributed by atoms with Gasteiger partial charge < -0.3 is 10.2 Å². The van der Waals surface area contributed by atoms with Gasteiger partial charge in [0.2, 0.25) is 0 Å². The molecular weight excluding hydrogens is 206 g/mol. The molecule has 1 aliphatic carbocycles. The Balaban J connectivity index is 2.59. The van der Waals surface area contributed by atoms with Gasteiger partial charge in [0.25, 0.3) is 0 Å². The molecule has 0 radical (unpaired) electrons. The number of aromatic carboxylic acids is 1. The number of aryl methyl sites for hydroxylation is 1. The highest BCUT2D eigenvalue weighted by Gasteiger charge is 2.20. The molecule has 0 atom stereocenters. The van der Waals surface area contributed by atoms with Crippen molar-refractivity contribution in [3.05, 3.63) is 29.1 Å². The standard InChI is InChI=1S/C12H13NO3/c1-7-10(8-4-2-3-5-8)11(14)9(6-13-7)12(15)16/h4,6H,2-3,5H2,1H3,(H,13,14)(H,15,16). The van der Waals surface area contributed by atoms with Crippen LogP contribution in [0.2, 0.25) is 0 Å². The second-order valence-electron chi connectivity index (χ2n) is 3.91. The van der Waals surface area contributed by atoms with E-state index in [0.29, 0.717) is 11.3 Å². The Hall–Kier alpha value is -1.84. The molecular formula is C12H13NO3. The van der Waals surface area contributed by atoms with Gasteiger partial charge in [-0.1, -0.05) is 6.08 Å². The number of aromatic nitrogens is 1. The van der Waals surface area contributed by atoms with E-state index in [1.807, 2.05) is 6.08 Å². The van der Waals surface area contributed by atoms with E-state index in [1.165, 1.54) is 6.20 Å². The highest BCUT2D eigenvalue weighted by atomic mass is 16.4. The van der Waals surface area contributed by atoms with Crippen LogP contribution in [0.25, 0.3) is 5.57 Å². The minimum Gasteiger partial charge on any atom is -0.506 e. The number of carboxylic acid groups (broad SMARTS) is 1. The summed E-state index contributed by atoms with van der Waals surface area (Å²) < 4.78 is 0. The summed E-state index contributed by atoms with van der Waals surface area (Å²) in [6.07, 6.45) is 6.14. The Morgan fingerprint density at radius 3 is 2.81 bits per heavy atom. The third-order valence-corrected chi connectivity index (χ3v) is 2.83. The number of aromatic hydroxyl groups is 1. The van der Waals surface area contributed by atoms with Crippen molar-refractivity contribution in [2.45, 2.75) is 26.2 Å². The number of hydrogen-bond donors (Lipinski definition) is 2. The lowest BCUT2D eigenvalue weighted by Crippen LogP contribution is -2.02. The van der Waals surface area contributed by atoms with Crippen molar-refractivity contribution >= 4 is 11.5 Å². The van der Waals surface area contributed by atoms with Crippen molar-refractivity contribution in [1.82, 2.24) is 4.98 Å². The van der Waals surface area contributed by atoms with Gasteiger partial charge in [-0.15, -0.1) is 0 Å². The Morgan fingerprint density at radius 1 is 1.50 bits per heavy atom. The van der Waals surface area contributed by atoms with Crippen LogP contribution in [-0.2, 0) is 0 Å². The lowest BCUT2D eigenvalue weighted by molar-refractivity contribution is 0.0693. The summed E-state index contributed by atoms with van der Waals surface area (Å²) in [6, 6.07) is 0. The number of allylic oxidation sites excluding steroid dienone is 2. The Morgan fingerprint density at radius 2 is 2.25 bits per heavy atom. The lowest BCUT2D eigenvalue weighted by atomic mass is 10.0. The number of rotatable bonds is 2. The average molecular weight is 219 g/mol. The lowest BCUT2D eigenvalue weighted by Gasteiger charge is -2.10. The van der Waals surface area contributed by atoms with E-state index in [2.05, 4.69) is 4.98 Å². The molecule has 0 saturated carbocycles. The van der Waals surface area contributed by atoms with Crippen LogP contribution in [0.5, 0.6) is 5.75 Å². The van der Waals surface area contributed by atoms with Crippen LogP contribution in [0, 0.1) is 6.92 Å². The number of hydrogen-bond acceptors (Lipinski definition) is 3. The Labute approximate surface area is 93.3 Å². The maximum absolute atomic E-state index is 10.9. The van der Waals surface area contributed by atoms with Crippen molar-refractivity contribution in [1.29, 1.82) is 0 Å². The van der Waals surface area contributed by atoms with Gasteiger partial charge >= 0.3 is 5.97 Å². The summed E-state index contributed by atoms with van der Waals surface area (Å²) in [6.45, 7) is 1.78. The molecule has 0 amide bonds. The van der Waals surface area contributed by atoms with Gasteiger partial charge in [0.05, 0.1) is 0 Å². The minimum atomic E-state index is -1.15. The zero-order chi connectivity index (χ0) is 11.7. The molecule has 0 saturated heterocycles. The highest BCUT2D eigenvalue weighted by Crippen LogP contribution is 2.36. The van der Waals surface area contributed by atoms with Crippen LogP contribution in [0.3, 0.4) is 0 Å². The molecule has 84 valence electrons. The van der Waals surface area contributed by atoms with E-state index in [0.717, 1.165) is 24.8 Å². The summed E-state index contributed by atoms with van der Waals surface area (Å²) >= 11 is 0. The summed E-state index contributed by atoms with van der Waals surface area (Å²) in [5.74, 6) is -1.31. The SMILES string of the molecule is Cc1ncc(C(=O)O)c(O)c1C1=CCCC1. The van der Waals surface area contributed by atoms with Gasteiger partial charge in [0.1, 0.15) is 11.3 Å². The van der Waals surface area contributed by atoms with E-state index >= 15 is 0 Å². The summed E-state index contributed by atoms with van der Waals surface area (Å²) in [7, 11) is 0. The molecule has 1 aliphatic rings. The number of carbonyl (C=O) groups is 1. The fourth-order valence-electron chi connectivity index (χ4n) is 2.03. The Bertz CT molecular complexity index is 477. The van der Waals surface area contributed by atoms with Crippen molar-refractivity contribution in [2.75, 3.05) is 0 Å². The predicted molar refractivity (Wildman–Crippen MR) is 59.4 cm³/mol. The molecule has 0 bridgehead atoms. The van der Waals surface area contributed by atoms with Gasteiger partial charge in [-0.2, -0.15) is 0 Å². The molecule has 0 aromatic carbocycles. The van der Waals surface area contributed by atoms with Crippen LogP contribution >= 0.6 is 0 Å². The largest absolute Gasteiger partial charge is 0.506 e. The molecule has 0 unspecified atom stereocenters. The second-order valence-corrected chi connectivity index (χ2v) is 3.91. The molecule has 4 nitrogen and oxygen atoms in total. The van der Waals surface area contributed by atoms with E-state index in [4.69, 9.17) is 5.11 Å². The fourth-order valence-corrected chi connectivity index (χ4v) is 2.03. The quantitative estimate of drug-likeness (QED) is 0.801. The van der Waals surface area contributed by atoms with Crippen molar-refractivity contribution in [3.8, 4) is 5.75 Å². The van der Waals surface area contributed by atoms with Gasteiger partial charge in [-0.25, -0.2) is 4.79 Å². The van der Waals surface area contributed by atoms with Crippen LogP contribution in [0.1, 0.15) is 40.9 Å². The van der Waals surface area contributed by atoms with Gasteiger partial charge in [-0.05, 0) is 31.8 Å². The van der Waals surface area contributed by atoms with Crippen LogP contribution in [-0.4, -0.2) is 21.2 Å². The first kappa shape index (κ1) is 10.7. The van der Waals surface area contributed by atoms with E-state index in [-0.39, 0.29) is 11.3 Å². The van der Waals surface area contributed by atoms with Crippen molar-refractivity contribution in [3.63, 3.8) is 0 Å². The average Bonchev–Trinajstić information content (AvgIpc) is 2.70. The first-order valence-electron chi connectivity index (χ1n) is 5.22. The normalized spacial score (nSPS) is 14.9. The van der Waals surface area contributed by atoms with E-state index in [9.17, 15) is 9.90 Å². The first-order valence-corrected chi connectivity index (χ1v) is 5.22. The molecule has 2 N–H and O–H groups in total. The second kappa shape index (κ2) is 3.96. The zero-order valence-electron chi connectivity index (χ0n) is 9.03. The van der Waals surface area contributed by atoms with E-state index in [1.54, 1.807) is 6.92 Å². The minimum absolute atomic E-state index is 0.131. The summed E-state index contributed by atoms with van der Waals surface area (Å²) in [4.78, 5) is 14.9. The van der Waals surface area contributed by atoms with Crippen LogP contribution in [0.15, 0.2) is 12.3 Å². The maximum Gasteiger partial charge on any atom is 0.341 e. The summed E-state index contributed by atoms with van der Waals surface area (Å²) in [5.41, 5.74) is 2.15. The fraction of sp³-hybridized carbons (Fsp3) is 0.333. The monoisotopic (exact) mass is 219 g/mol. The summed E-state index contributed by atoms with van der Waals surface area (Å²) in [5, 5.41) is 18.8. The van der Waals surface area contributed by atoms with Gasteiger partial charge in [0.15, 0.2) is 0 Å². The third kappa shape index (κ3) is 1.66. The van der Waals surface area contributed by atoms with Crippen molar-refractivity contribution < 1.29 is 15.0 Å². The molecule has 0 spiro atoms. The number of carboxylic acids is 1.